The smallest absolute Gasteiger partial charge is 0.306 e. The minimum atomic E-state index is -0.689. The molecule has 0 aromatic rings. The largest absolute Gasteiger partial charge is 0.481 e. The Kier molecular flexibility index (Phi) is 3.96. The molecule has 0 amide bonds. The monoisotopic (exact) mass is 183 g/mol. The molecule has 1 rings (SSSR count). The third-order valence-corrected chi connectivity index (χ3v) is 2.70. The minimum absolute atomic E-state index is 0.155. The average molecular weight is 183 g/mol. The zero-order valence-corrected chi connectivity index (χ0v) is 7.78. The Labute approximate surface area is 78.6 Å². The summed E-state index contributed by atoms with van der Waals surface area (Å²) < 4.78 is 0. The van der Waals surface area contributed by atoms with Gasteiger partial charge in [0.2, 0.25) is 0 Å². The zero-order valence-electron chi connectivity index (χ0n) is 7.78. The predicted octanol–water partition coefficient (Wildman–Crippen LogP) is 1.39. The van der Waals surface area contributed by atoms with Gasteiger partial charge in [0.05, 0.1) is 5.92 Å². The molecule has 0 bridgehead atoms. The van der Waals surface area contributed by atoms with E-state index in [0.29, 0.717) is 6.54 Å². The van der Waals surface area contributed by atoms with Crippen LogP contribution >= 0.6 is 0 Å². The first-order valence-corrected chi connectivity index (χ1v) is 4.83. The maximum atomic E-state index is 10.9. The molecule has 0 aromatic carbocycles. The van der Waals surface area contributed by atoms with Crippen molar-refractivity contribution in [2.24, 2.45) is 17.6 Å². The SMILES string of the molecule is NCC1CC/C=C/CCC1C(=O)O. The van der Waals surface area contributed by atoms with Crippen molar-refractivity contribution < 1.29 is 9.90 Å². The summed E-state index contributed by atoms with van der Waals surface area (Å²) in [6.07, 6.45) is 7.67. The van der Waals surface area contributed by atoms with Crippen LogP contribution in [0.4, 0.5) is 0 Å². The maximum absolute atomic E-state index is 10.9. The van der Waals surface area contributed by atoms with Crippen LogP contribution in [0.2, 0.25) is 0 Å². The van der Waals surface area contributed by atoms with Crippen molar-refractivity contribution in [3.63, 3.8) is 0 Å². The van der Waals surface area contributed by atoms with E-state index >= 15 is 0 Å². The van der Waals surface area contributed by atoms with Crippen molar-refractivity contribution >= 4 is 5.97 Å². The number of carbonyl (C=O) groups is 1. The first-order valence-electron chi connectivity index (χ1n) is 4.83. The number of carboxylic acids is 1. The summed E-state index contributed by atoms with van der Waals surface area (Å²) in [4.78, 5) is 10.9. The van der Waals surface area contributed by atoms with Gasteiger partial charge < -0.3 is 10.8 Å². The molecular weight excluding hydrogens is 166 g/mol. The van der Waals surface area contributed by atoms with Gasteiger partial charge in [-0.25, -0.2) is 0 Å². The number of hydrogen-bond acceptors (Lipinski definition) is 2. The van der Waals surface area contributed by atoms with Gasteiger partial charge in [-0.1, -0.05) is 12.2 Å². The fraction of sp³-hybridized carbons (Fsp3) is 0.700. The van der Waals surface area contributed by atoms with Crippen LogP contribution in [-0.2, 0) is 4.79 Å². The van der Waals surface area contributed by atoms with Gasteiger partial charge in [-0.3, -0.25) is 4.79 Å². The highest BCUT2D eigenvalue weighted by Gasteiger charge is 2.26. The molecule has 2 atom stereocenters. The second-order valence-corrected chi connectivity index (χ2v) is 3.57. The Balaban J connectivity index is 2.63. The first kappa shape index (κ1) is 10.3. The normalized spacial score (nSPS) is 31.8. The van der Waals surface area contributed by atoms with Crippen LogP contribution in [0.5, 0.6) is 0 Å². The topological polar surface area (TPSA) is 63.3 Å². The Morgan fingerprint density at radius 1 is 1.38 bits per heavy atom. The Bertz CT molecular complexity index is 201. The van der Waals surface area contributed by atoms with Crippen LogP contribution < -0.4 is 5.73 Å². The third-order valence-electron chi connectivity index (χ3n) is 2.70. The highest BCUT2D eigenvalue weighted by Crippen LogP contribution is 2.24. The molecule has 0 aromatic heterocycles. The number of rotatable bonds is 2. The van der Waals surface area contributed by atoms with Gasteiger partial charge >= 0.3 is 5.97 Å². The van der Waals surface area contributed by atoms with E-state index in [4.69, 9.17) is 10.8 Å². The molecule has 0 aliphatic heterocycles. The van der Waals surface area contributed by atoms with Crippen molar-refractivity contribution in [2.75, 3.05) is 6.54 Å². The number of nitrogens with two attached hydrogens (primary N) is 1. The molecule has 13 heavy (non-hydrogen) atoms. The summed E-state index contributed by atoms with van der Waals surface area (Å²) in [6.45, 7) is 0.491. The van der Waals surface area contributed by atoms with Crippen molar-refractivity contribution in [3.8, 4) is 0 Å². The number of hydrogen-bond donors (Lipinski definition) is 2. The van der Waals surface area contributed by atoms with Crippen LogP contribution in [-0.4, -0.2) is 17.6 Å². The van der Waals surface area contributed by atoms with Gasteiger partial charge in [-0.05, 0) is 38.1 Å². The van der Waals surface area contributed by atoms with E-state index < -0.39 is 5.97 Å². The third kappa shape index (κ3) is 2.84. The summed E-state index contributed by atoms with van der Waals surface area (Å²) >= 11 is 0. The molecule has 0 saturated heterocycles. The molecular formula is C10H17NO2. The molecule has 1 aliphatic carbocycles. The molecule has 3 heteroatoms. The van der Waals surface area contributed by atoms with Gasteiger partial charge in [0.15, 0.2) is 0 Å². The van der Waals surface area contributed by atoms with Gasteiger partial charge in [-0.15, -0.1) is 0 Å². The molecule has 0 heterocycles. The molecule has 2 unspecified atom stereocenters. The second kappa shape index (κ2) is 5.02. The van der Waals surface area contributed by atoms with E-state index in [-0.39, 0.29) is 11.8 Å². The van der Waals surface area contributed by atoms with Gasteiger partial charge in [0.25, 0.3) is 0 Å². The number of carboxylic acid groups (broad SMARTS) is 1. The van der Waals surface area contributed by atoms with Gasteiger partial charge in [0, 0.05) is 0 Å². The molecule has 3 nitrogen and oxygen atoms in total. The van der Waals surface area contributed by atoms with Gasteiger partial charge in [-0.2, -0.15) is 0 Å². The van der Waals surface area contributed by atoms with E-state index in [9.17, 15) is 4.79 Å². The van der Waals surface area contributed by atoms with Crippen molar-refractivity contribution in [1.82, 2.24) is 0 Å². The summed E-state index contributed by atoms with van der Waals surface area (Å²) in [5.74, 6) is -0.775. The molecule has 1 aliphatic rings. The molecule has 0 radical (unpaired) electrons. The number of allylic oxidation sites excluding steroid dienone is 2. The van der Waals surface area contributed by atoms with Crippen molar-refractivity contribution in [1.29, 1.82) is 0 Å². The molecule has 0 spiro atoms. The minimum Gasteiger partial charge on any atom is -0.481 e. The number of aliphatic carboxylic acids is 1. The first-order chi connectivity index (χ1) is 6.25. The fourth-order valence-electron chi connectivity index (χ4n) is 1.87. The molecule has 3 N–H and O–H groups in total. The van der Waals surface area contributed by atoms with E-state index in [0.717, 1.165) is 25.7 Å². The lowest BCUT2D eigenvalue weighted by molar-refractivity contribution is -0.144. The lowest BCUT2D eigenvalue weighted by atomic mass is 9.83. The Morgan fingerprint density at radius 3 is 2.54 bits per heavy atom. The predicted molar refractivity (Wildman–Crippen MR) is 51.3 cm³/mol. The summed E-state index contributed by atoms with van der Waals surface area (Å²) in [7, 11) is 0. The maximum Gasteiger partial charge on any atom is 0.306 e. The van der Waals surface area contributed by atoms with Gasteiger partial charge in [0.1, 0.15) is 0 Å². The van der Waals surface area contributed by atoms with E-state index in [1.54, 1.807) is 0 Å². The molecule has 74 valence electrons. The zero-order chi connectivity index (χ0) is 9.68. The van der Waals surface area contributed by atoms with E-state index in [2.05, 4.69) is 12.2 Å². The van der Waals surface area contributed by atoms with E-state index in [1.165, 1.54) is 0 Å². The van der Waals surface area contributed by atoms with Crippen LogP contribution in [0.15, 0.2) is 12.2 Å². The molecule has 0 fully saturated rings. The van der Waals surface area contributed by atoms with Crippen molar-refractivity contribution in [2.45, 2.75) is 25.7 Å². The highest BCUT2D eigenvalue weighted by atomic mass is 16.4. The molecule has 0 saturated carbocycles. The summed E-state index contributed by atoms with van der Waals surface area (Å²) in [5, 5.41) is 8.98. The standard InChI is InChI=1S/C10H17NO2/c11-7-8-5-3-1-2-4-6-9(8)10(12)13/h1-2,8-9H,3-7,11H2,(H,12,13)/b2-1+. The van der Waals surface area contributed by atoms with Crippen LogP contribution in [0.25, 0.3) is 0 Å². The van der Waals surface area contributed by atoms with Crippen LogP contribution in [0.3, 0.4) is 0 Å². The fourth-order valence-corrected chi connectivity index (χ4v) is 1.87. The van der Waals surface area contributed by atoms with E-state index in [1.807, 2.05) is 0 Å². The highest BCUT2D eigenvalue weighted by molar-refractivity contribution is 5.70. The van der Waals surface area contributed by atoms with Crippen LogP contribution in [0, 0.1) is 11.8 Å². The Hall–Kier alpha value is -0.830. The van der Waals surface area contributed by atoms with Crippen molar-refractivity contribution in [3.05, 3.63) is 12.2 Å². The van der Waals surface area contributed by atoms with Crippen LogP contribution in [0.1, 0.15) is 25.7 Å². The second-order valence-electron chi connectivity index (χ2n) is 3.57. The lowest BCUT2D eigenvalue weighted by Crippen LogP contribution is -2.29. The average Bonchev–Trinajstić information content (AvgIpc) is 2.03. The lowest BCUT2D eigenvalue weighted by Gasteiger charge is -2.22. The Morgan fingerprint density at radius 2 is 2.00 bits per heavy atom. The summed E-state index contributed by atoms with van der Waals surface area (Å²) in [6, 6.07) is 0. The summed E-state index contributed by atoms with van der Waals surface area (Å²) in [5.41, 5.74) is 5.56. The quantitative estimate of drug-likeness (QED) is 0.636.